The van der Waals surface area contributed by atoms with Gasteiger partial charge in [0.15, 0.2) is 0 Å². The molecule has 128 valence electrons. The van der Waals surface area contributed by atoms with Gasteiger partial charge in [-0.05, 0) is 43.0 Å². The van der Waals surface area contributed by atoms with E-state index < -0.39 is 15.5 Å². The van der Waals surface area contributed by atoms with E-state index in [9.17, 15) is 0 Å². The lowest BCUT2D eigenvalue weighted by Gasteiger charge is -2.07. The first-order chi connectivity index (χ1) is 10.5. The lowest BCUT2D eigenvalue weighted by molar-refractivity contribution is -0.742. The number of pyridine rings is 1. The minimum absolute atomic E-state index is 0.933. The third kappa shape index (κ3) is 9.18. The van der Waals surface area contributed by atoms with Gasteiger partial charge >= 0.3 is 10.4 Å². The van der Waals surface area contributed by atoms with Crippen LogP contribution in [0.5, 0.6) is 5.75 Å². The number of aromatic nitrogens is 1. The summed E-state index contributed by atoms with van der Waals surface area (Å²) in [5.74, 6) is 0.933. The van der Waals surface area contributed by atoms with Crippen molar-refractivity contribution in [3.63, 3.8) is 0 Å². The van der Waals surface area contributed by atoms with E-state index in [0.717, 1.165) is 17.0 Å². The van der Waals surface area contributed by atoms with Crippen LogP contribution in [0.2, 0.25) is 0 Å². The molecule has 0 atom stereocenters. The molecule has 10 nitrogen and oxygen atoms in total. The molecule has 23 heavy (non-hydrogen) atoms. The highest BCUT2D eigenvalue weighted by atomic mass is 32.3. The Kier molecular flexibility index (Phi) is 7.87. The van der Waals surface area contributed by atoms with Crippen molar-refractivity contribution in [2.24, 2.45) is 0 Å². The summed E-state index contributed by atoms with van der Waals surface area (Å²) in [6.07, 6.45) is 1.83. The molecule has 0 radical (unpaired) electrons. The molecule has 0 aliphatic heterocycles. The van der Waals surface area contributed by atoms with E-state index in [2.05, 4.69) is 17.1 Å². The van der Waals surface area contributed by atoms with Crippen LogP contribution in [-0.4, -0.2) is 39.9 Å². The molecule has 0 saturated heterocycles. The van der Waals surface area contributed by atoms with Crippen LogP contribution in [0.1, 0.15) is 11.3 Å². The summed E-state index contributed by atoms with van der Waals surface area (Å²) in [4.78, 5) is 12.6. The van der Waals surface area contributed by atoms with Gasteiger partial charge in [0.25, 0.3) is 5.09 Å². The predicted molar refractivity (Wildman–Crippen MR) is 80.7 cm³/mol. The highest BCUT2D eigenvalue weighted by Gasteiger charge is 2.03. The number of benzene rings is 1. The number of hydrogen-bond acceptors (Lipinski definition) is 6. The van der Waals surface area contributed by atoms with Crippen molar-refractivity contribution in [3.05, 3.63) is 45.8 Å². The molecule has 1 heterocycles. The zero-order valence-electron chi connectivity index (χ0n) is 12.5. The molecule has 0 aliphatic carbocycles. The van der Waals surface area contributed by atoms with Crippen molar-refractivity contribution in [2.75, 3.05) is 7.11 Å². The van der Waals surface area contributed by atoms with Crippen molar-refractivity contribution in [3.8, 4) is 5.75 Å². The second-order valence-electron chi connectivity index (χ2n) is 4.12. The first-order valence-corrected chi connectivity index (χ1v) is 7.28. The van der Waals surface area contributed by atoms with Gasteiger partial charge in [0.05, 0.1) is 7.11 Å². The number of aryl methyl sites for hydroxylation is 2. The van der Waals surface area contributed by atoms with E-state index in [1.807, 2.05) is 26.1 Å². The summed E-state index contributed by atoms with van der Waals surface area (Å²) >= 11 is 0. The van der Waals surface area contributed by atoms with E-state index >= 15 is 0 Å². The zero-order chi connectivity index (χ0) is 18.2. The highest BCUT2D eigenvalue weighted by Crippen LogP contribution is 2.26. The van der Waals surface area contributed by atoms with Gasteiger partial charge in [-0.3, -0.25) is 14.1 Å². The molecule has 0 spiro atoms. The molecular formula is C12H16N2O8S. The molecule has 0 amide bonds. The van der Waals surface area contributed by atoms with E-state index in [0.29, 0.717) is 0 Å². The molecule has 1 aromatic heterocycles. The number of fused-ring (bicyclic) bond motifs is 1. The van der Waals surface area contributed by atoms with Crippen LogP contribution in [0.25, 0.3) is 10.8 Å². The number of methoxy groups -OCH3 is 1. The average Bonchev–Trinajstić information content (AvgIpc) is 2.36. The topological polar surface area (TPSA) is 160 Å². The Hall–Kier alpha value is -2.50. The molecule has 2 rings (SSSR count). The standard InChI is InChI=1S/C12H13NO.HNO3.H2O4S/c1-8-6-11-9(2)13-5-4-10(11)7-12(8)14-3;2-1(3)4;1-5(2,3)4/h4-7H,1-3H3;(H,2,3,4);(H2,1,2,3,4). The first-order valence-electron chi connectivity index (χ1n) is 5.88. The molecule has 0 aliphatic rings. The second-order valence-corrected chi connectivity index (χ2v) is 5.02. The molecule has 3 N–H and O–H groups in total. The van der Waals surface area contributed by atoms with Gasteiger partial charge in [-0.15, -0.1) is 10.1 Å². The van der Waals surface area contributed by atoms with Gasteiger partial charge in [-0.1, -0.05) is 0 Å². The van der Waals surface area contributed by atoms with Gasteiger partial charge in [0, 0.05) is 17.3 Å². The molecule has 0 fully saturated rings. The van der Waals surface area contributed by atoms with Crippen LogP contribution in [0, 0.1) is 24.0 Å². The summed E-state index contributed by atoms with van der Waals surface area (Å²) in [7, 11) is -2.97. The number of nitrogens with zero attached hydrogens (tertiary/aromatic N) is 2. The lowest BCUT2D eigenvalue weighted by atomic mass is 10.1. The summed E-state index contributed by atoms with van der Waals surface area (Å²) in [6.45, 7) is 4.07. The summed E-state index contributed by atoms with van der Waals surface area (Å²) in [6, 6.07) is 6.18. The van der Waals surface area contributed by atoms with Crippen molar-refractivity contribution in [1.29, 1.82) is 0 Å². The van der Waals surface area contributed by atoms with Crippen LogP contribution in [0.4, 0.5) is 0 Å². The Labute approximate surface area is 132 Å². The Balaban J connectivity index is 0.000000450. The predicted octanol–water partition coefficient (Wildman–Crippen LogP) is 1.86. The van der Waals surface area contributed by atoms with Crippen LogP contribution in [0.3, 0.4) is 0 Å². The quantitative estimate of drug-likeness (QED) is 0.397. The van der Waals surface area contributed by atoms with Crippen molar-refractivity contribution in [1.82, 2.24) is 4.98 Å². The van der Waals surface area contributed by atoms with Gasteiger partial charge in [-0.2, -0.15) is 8.42 Å². The lowest BCUT2D eigenvalue weighted by Crippen LogP contribution is -1.89. The minimum atomic E-state index is -4.67. The maximum Gasteiger partial charge on any atom is 0.394 e. The third-order valence-electron chi connectivity index (χ3n) is 2.48. The fourth-order valence-corrected chi connectivity index (χ4v) is 1.67. The highest BCUT2D eigenvalue weighted by molar-refractivity contribution is 7.79. The molecular weight excluding hydrogens is 332 g/mol. The van der Waals surface area contributed by atoms with Gasteiger partial charge in [-0.25, -0.2) is 0 Å². The zero-order valence-corrected chi connectivity index (χ0v) is 13.3. The molecule has 11 heteroatoms. The molecule has 1 aromatic carbocycles. The van der Waals surface area contributed by atoms with Crippen molar-refractivity contribution >= 4 is 21.2 Å². The molecule has 0 bridgehead atoms. The summed E-state index contributed by atoms with van der Waals surface area (Å²) in [5, 5.41) is 16.0. The average molecular weight is 348 g/mol. The normalized spacial score (nSPS) is 9.96. The van der Waals surface area contributed by atoms with Crippen molar-refractivity contribution < 1.29 is 32.6 Å². The third-order valence-corrected chi connectivity index (χ3v) is 2.48. The fraction of sp³-hybridized carbons (Fsp3) is 0.250. The van der Waals surface area contributed by atoms with Crippen LogP contribution in [0.15, 0.2) is 24.4 Å². The van der Waals surface area contributed by atoms with E-state index in [1.165, 1.54) is 10.8 Å². The smallest absolute Gasteiger partial charge is 0.394 e. The maximum absolute atomic E-state index is 8.74. The van der Waals surface area contributed by atoms with Crippen LogP contribution >= 0.6 is 0 Å². The second kappa shape index (κ2) is 8.82. The molecule has 2 aromatic rings. The largest absolute Gasteiger partial charge is 0.496 e. The fourth-order valence-electron chi connectivity index (χ4n) is 1.67. The summed E-state index contributed by atoms with van der Waals surface area (Å²) in [5.41, 5.74) is 2.21. The monoisotopic (exact) mass is 348 g/mol. The Bertz CT molecular complexity index is 764. The number of ether oxygens (including phenoxy) is 1. The molecule has 0 unspecified atom stereocenters. The van der Waals surface area contributed by atoms with Crippen LogP contribution in [-0.2, 0) is 10.4 Å². The van der Waals surface area contributed by atoms with Gasteiger partial charge < -0.3 is 9.94 Å². The van der Waals surface area contributed by atoms with Crippen LogP contribution < -0.4 is 4.74 Å². The Morgan fingerprint density at radius 3 is 2.17 bits per heavy atom. The van der Waals surface area contributed by atoms with Crippen molar-refractivity contribution in [2.45, 2.75) is 13.8 Å². The molecule has 0 saturated carbocycles. The maximum atomic E-state index is 8.74. The van der Waals surface area contributed by atoms with E-state index in [1.54, 1.807) is 7.11 Å². The van der Waals surface area contributed by atoms with E-state index in [4.69, 9.17) is 37.6 Å². The van der Waals surface area contributed by atoms with Gasteiger partial charge in [0.1, 0.15) is 5.75 Å². The Morgan fingerprint density at radius 2 is 1.74 bits per heavy atom. The number of hydrogen-bond donors (Lipinski definition) is 3. The van der Waals surface area contributed by atoms with Gasteiger partial charge in [0.2, 0.25) is 0 Å². The SMILES string of the molecule is COc1cc2ccnc(C)c2cc1C.O=S(=O)(O)O.O=[N+]([O-])O. The Morgan fingerprint density at radius 1 is 1.26 bits per heavy atom. The number of rotatable bonds is 1. The van der Waals surface area contributed by atoms with E-state index in [-0.39, 0.29) is 0 Å². The summed E-state index contributed by atoms with van der Waals surface area (Å²) < 4.78 is 36.9. The first kappa shape index (κ1) is 20.5. The minimum Gasteiger partial charge on any atom is -0.496 e.